The van der Waals surface area contributed by atoms with Gasteiger partial charge in [-0.2, -0.15) is 0 Å². The fraction of sp³-hybridized carbons (Fsp3) is 1.00. The molecule has 0 saturated carbocycles. The van der Waals surface area contributed by atoms with Gasteiger partial charge in [-0.3, -0.25) is 4.72 Å². The smallest absolute Gasteiger partial charge is 0.0986 e. The van der Waals surface area contributed by atoms with Crippen LogP contribution in [0.1, 0.15) is 41.5 Å². The summed E-state index contributed by atoms with van der Waals surface area (Å²) < 4.78 is 7.44. The van der Waals surface area contributed by atoms with E-state index in [0.717, 1.165) is 0 Å². The van der Waals surface area contributed by atoms with Crippen LogP contribution in [0.15, 0.2) is 4.36 Å². The third-order valence-electron chi connectivity index (χ3n) is 1.46. The molecule has 0 spiro atoms. The SMILES string of the molecule is CC(C)(C)N=S(C[Si](C)(C)C)[NH2+]C(C)(C)C. The largest absolute Gasteiger partial charge is 0.274 e. The first-order valence-electron chi connectivity index (χ1n) is 6.07. The quantitative estimate of drug-likeness (QED) is 0.759. The van der Waals surface area contributed by atoms with Crippen molar-refractivity contribution in [1.82, 2.24) is 0 Å². The van der Waals surface area contributed by atoms with Gasteiger partial charge in [-0.1, -0.05) is 19.6 Å². The lowest BCUT2D eigenvalue weighted by Crippen LogP contribution is -2.95. The van der Waals surface area contributed by atoms with E-state index in [1.165, 1.54) is 5.38 Å². The topological polar surface area (TPSA) is 29.0 Å². The maximum atomic E-state index is 4.99. The minimum absolute atomic E-state index is 0.0878. The minimum Gasteiger partial charge on any atom is -0.274 e. The van der Waals surface area contributed by atoms with E-state index in [-0.39, 0.29) is 22.0 Å². The van der Waals surface area contributed by atoms with E-state index in [2.05, 4.69) is 65.9 Å². The predicted octanol–water partition coefficient (Wildman–Crippen LogP) is 2.74. The Labute approximate surface area is 106 Å². The van der Waals surface area contributed by atoms with Crippen LogP contribution in [-0.4, -0.2) is 24.5 Å². The van der Waals surface area contributed by atoms with E-state index >= 15 is 0 Å². The zero-order chi connectivity index (χ0) is 13.2. The van der Waals surface area contributed by atoms with Gasteiger partial charge < -0.3 is 0 Å². The Bertz CT molecular complexity index is 236. The summed E-state index contributed by atoms with van der Waals surface area (Å²) in [6, 6.07) is 0. The fourth-order valence-electron chi connectivity index (χ4n) is 1.30. The molecule has 0 bridgehead atoms. The van der Waals surface area contributed by atoms with Gasteiger partial charge >= 0.3 is 0 Å². The number of rotatable bonds is 3. The molecular formula is C12H31N2SSi+. The molecule has 2 nitrogen and oxygen atoms in total. The molecule has 0 aliphatic carbocycles. The molecule has 0 aromatic carbocycles. The number of nitrogens with two attached hydrogens (primary N) is 1. The number of hydrogen-bond donors (Lipinski definition) is 1. The highest BCUT2D eigenvalue weighted by Gasteiger charge is 2.25. The van der Waals surface area contributed by atoms with Gasteiger partial charge in [0.25, 0.3) is 0 Å². The Morgan fingerprint density at radius 2 is 1.44 bits per heavy atom. The second-order valence-corrected chi connectivity index (χ2v) is 15.3. The van der Waals surface area contributed by atoms with Gasteiger partial charge in [0.2, 0.25) is 0 Å². The Morgan fingerprint density at radius 1 is 1.00 bits per heavy atom. The van der Waals surface area contributed by atoms with Crippen molar-refractivity contribution < 1.29 is 4.72 Å². The second kappa shape index (κ2) is 5.32. The van der Waals surface area contributed by atoms with Crippen LogP contribution in [0.4, 0.5) is 0 Å². The molecule has 0 aliphatic rings. The Balaban J connectivity index is 4.87. The van der Waals surface area contributed by atoms with Gasteiger partial charge in [-0.05, 0) is 41.5 Å². The monoisotopic (exact) mass is 263 g/mol. The van der Waals surface area contributed by atoms with Crippen molar-refractivity contribution in [3.05, 3.63) is 0 Å². The van der Waals surface area contributed by atoms with Crippen LogP contribution in [0, 0.1) is 0 Å². The van der Waals surface area contributed by atoms with E-state index in [1.54, 1.807) is 0 Å². The summed E-state index contributed by atoms with van der Waals surface area (Å²) in [6.07, 6.45) is 0. The van der Waals surface area contributed by atoms with E-state index in [0.29, 0.717) is 0 Å². The molecule has 2 N–H and O–H groups in total. The lowest BCUT2D eigenvalue weighted by molar-refractivity contribution is -0.565. The number of quaternary nitrogens is 1. The van der Waals surface area contributed by atoms with E-state index in [4.69, 9.17) is 4.36 Å². The van der Waals surface area contributed by atoms with E-state index < -0.39 is 8.07 Å². The average Bonchev–Trinajstić information content (AvgIpc) is 1.70. The van der Waals surface area contributed by atoms with Gasteiger partial charge in [-0.25, -0.2) is 4.36 Å². The molecule has 0 radical (unpaired) electrons. The highest BCUT2D eigenvalue weighted by Crippen LogP contribution is 2.10. The standard InChI is InChI=1S/C12H30N2SSi/c1-11(2,3)13-15(10-16(7,8)9)14-12(4,5)6/h10H2,1-9H3,(H,13,14)/p+1. The van der Waals surface area contributed by atoms with Crippen LogP contribution in [0.2, 0.25) is 19.6 Å². The molecule has 0 aromatic heterocycles. The summed E-state index contributed by atoms with van der Waals surface area (Å²) in [5, 5.41) is 1.29. The maximum absolute atomic E-state index is 4.99. The minimum atomic E-state index is -1.03. The van der Waals surface area contributed by atoms with Gasteiger partial charge in [0, 0.05) is 5.38 Å². The van der Waals surface area contributed by atoms with Crippen LogP contribution in [-0.2, 0) is 10.9 Å². The van der Waals surface area contributed by atoms with Crippen molar-refractivity contribution in [3.8, 4) is 0 Å². The molecule has 0 rings (SSSR count). The van der Waals surface area contributed by atoms with Crippen molar-refractivity contribution in [2.24, 2.45) is 4.36 Å². The van der Waals surface area contributed by atoms with Crippen molar-refractivity contribution in [2.45, 2.75) is 72.3 Å². The Hall–Kier alpha value is 0.327. The summed E-state index contributed by atoms with van der Waals surface area (Å²) in [5.41, 5.74) is 0.363. The van der Waals surface area contributed by atoms with Crippen LogP contribution < -0.4 is 4.72 Å². The zero-order valence-electron chi connectivity index (χ0n) is 12.6. The predicted molar refractivity (Wildman–Crippen MR) is 79.4 cm³/mol. The molecular weight excluding hydrogens is 232 g/mol. The van der Waals surface area contributed by atoms with Gasteiger partial charge in [0.15, 0.2) is 0 Å². The summed E-state index contributed by atoms with van der Waals surface area (Å²) in [7, 11) is -0.904. The summed E-state index contributed by atoms with van der Waals surface area (Å²) >= 11 is 0. The van der Waals surface area contributed by atoms with Crippen LogP contribution in [0.25, 0.3) is 0 Å². The first-order chi connectivity index (χ1) is 6.79. The second-order valence-electron chi connectivity index (χ2n) is 7.85. The van der Waals surface area contributed by atoms with Crippen LogP contribution >= 0.6 is 0 Å². The molecule has 0 heterocycles. The number of nitrogens with zero attached hydrogens (tertiary/aromatic N) is 1. The fourth-order valence-corrected chi connectivity index (χ4v) is 7.02. The molecule has 0 saturated heterocycles. The van der Waals surface area contributed by atoms with Crippen molar-refractivity contribution in [1.29, 1.82) is 0 Å². The third kappa shape index (κ3) is 10.8. The lowest BCUT2D eigenvalue weighted by atomic mass is 10.1. The van der Waals surface area contributed by atoms with Crippen molar-refractivity contribution in [2.75, 3.05) is 5.38 Å². The van der Waals surface area contributed by atoms with Crippen LogP contribution in [0.5, 0.6) is 0 Å². The highest BCUT2D eigenvalue weighted by molar-refractivity contribution is 7.82. The highest BCUT2D eigenvalue weighted by atomic mass is 32.2. The van der Waals surface area contributed by atoms with Gasteiger partial charge in [-0.15, -0.1) is 0 Å². The molecule has 4 heteroatoms. The molecule has 0 aromatic rings. The maximum Gasteiger partial charge on any atom is 0.0986 e. The molecule has 1 atom stereocenters. The molecule has 1 unspecified atom stereocenters. The lowest BCUT2D eigenvalue weighted by Gasteiger charge is -2.25. The Kier molecular flexibility index (Phi) is 5.42. The normalized spacial score (nSPS) is 16.6. The molecule has 16 heavy (non-hydrogen) atoms. The average molecular weight is 264 g/mol. The van der Waals surface area contributed by atoms with Crippen LogP contribution in [0.3, 0.4) is 0 Å². The molecule has 0 aliphatic heterocycles. The van der Waals surface area contributed by atoms with Gasteiger partial charge in [0.05, 0.1) is 30.0 Å². The Morgan fingerprint density at radius 3 is 1.69 bits per heavy atom. The van der Waals surface area contributed by atoms with Crippen molar-refractivity contribution in [3.63, 3.8) is 0 Å². The first-order valence-corrected chi connectivity index (χ1v) is 11.2. The summed E-state index contributed by atoms with van der Waals surface area (Å²) in [5.74, 6) is 0. The third-order valence-corrected chi connectivity index (χ3v) is 7.87. The summed E-state index contributed by atoms with van der Waals surface area (Å²) in [4.78, 5) is 0. The zero-order valence-corrected chi connectivity index (χ0v) is 14.5. The van der Waals surface area contributed by atoms with Gasteiger partial charge in [0.1, 0.15) is 0 Å². The molecule has 0 amide bonds. The number of hydrogen-bond acceptors (Lipinski definition) is 1. The van der Waals surface area contributed by atoms with Crippen molar-refractivity contribution >= 4 is 19.0 Å². The van der Waals surface area contributed by atoms with E-state index in [9.17, 15) is 0 Å². The molecule has 98 valence electrons. The van der Waals surface area contributed by atoms with E-state index in [1.807, 2.05) is 0 Å². The molecule has 0 fully saturated rings. The summed E-state index contributed by atoms with van der Waals surface area (Å²) in [6.45, 7) is 20.7. The first kappa shape index (κ1) is 16.3.